The highest BCUT2D eigenvalue weighted by atomic mass is 16.3. The molecule has 0 saturated heterocycles. The molecule has 2 nitrogen and oxygen atoms in total. The maximum absolute atomic E-state index is 9.86. The van der Waals surface area contributed by atoms with E-state index in [0.29, 0.717) is 0 Å². The third-order valence-electron chi connectivity index (χ3n) is 2.66. The molecule has 0 rings (SSSR count). The van der Waals surface area contributed by atoms with Crippen molar-refractivity contribution in [3.8, 4) is 0 Å². The first-order valence-corrected chi connectivity index (χ1v) is 5.40. The lowest BCUT2D eigenvalue weighted by atomic mass is 9.84. The Labute approximate surface area is 82.0 Å². The molecule has 0 aliphatic heterocycles. The minimum Gasteiger partial charge on any atom is -0.393 e. The van der Waals surface area contributed by atoms with Crippen LogP contribution in [-0.4, -0.2) is 22.4 Å². The first-order valence-electron chi connectivity index (χ1n) is 5.40. The number of rotatable bonds is 6. The van der Waals surface area contributed by atoms with E-state index >= 15 is 0 Å². The zero-order chi connectivity index (χ0) is 10.4. The quantitative estimate of drug-likeness (QED) is 0.671. The van der Waals surface area contributed by atoms with Crippen molar-refractivity contribution < 1.29 is 10.2 Å². The van der Waals surface area contributed by atoms with Gasteiger partial charge in [0.2, 0.25) is 0 Å². The molecule has 0 aliphatic carbocycles. The fraction of sp³-hybridized carbons (Fsp3) is 1.00. The largest absolute Gasteiger partial charge is 0.393 e. The third kappa shape index (κ3) is 4.10. The van der Waals surface area contributed by atoms with Crippen LogP contribution in [0, 0.1) is 11.8 Å². The predicted octanol–water partition coefficient (Wildman–Crippen LogP) is 2.19. The molecule has 0 aliphatic rings. The van der Waals surface area contributed by atoms with Gasteiger partial charge in [-0.3, -0.25) is 0 Å². The summed E-state index contributed by atoms with van der Waals surface area (Å²) in [6.07, 6.45) is 1.95. The van der Waals surface area contributed by atoms with Gasteiger partial charge in [-0.05, 0) is 18.8 Å². The Bertz CT molecular complexity index is 123. The minimum absolute atomic E-state index is 0.0509. The van der Waals surface area contributed by atoms with Gasteiger partial charge < -0.3 is 10.2 Å². The van der Waals surface area contributed by atoms with Gasteiger partial charge in [-0.1, -0.05) is 34.1 Å². The van der Waals surface area contributed by atoms with E-state index in [0.717, 1.165) is 19.3 Å². The van der Waals surface area contributed by atoms with Crippen molar-refractivity contribution in [3.63, 3.8) is 0 Å². The first-order chi connectivity index (χ1) is 6.04. The van der Waals surface area contributed by atoms with Gasteiger partial charge >= 0.3 is 0 Å². The van der Waals surface area contributed by atoms with Crippen LogP contribution in [0.15, 0.2) is 0 Å². The summed E-state index contributed by atoms with van der Waals surface area (Å²) in [5.74, 6) is 0.285. The number of hydrogen-bond acceptors (Lipinski definition) is 2. The number of aliphatic hydroxyl groups excluding tert-OH is 2. The van der Waals surface area contributed by atoms with Crippen LogP contribution >= 0.6 is 0 Å². The van der Waals surface area contributed by atoms with Gasteiger partial charge in [0, 0.05) is 5.92 Å². The molecule has 80 valence electrons. The van der Waals surface area contributed by atoms with E-state index in [1.807, 2.05) is 20.8 Å². The molecule has 3 unspecified atom stereocenters. The van der Waals surface area contributed by atoms with Gasteiger partial charge in [-0.2, -0.15) is 0 Å². The Morgan fingerprint density at radius 3 is 1.92 bits per heavy atom. The Morgan fingerprint density at radius 1 is 1.08 bits per heavy atom. The SMILES string of the molecule is CCCC(C(O)CC)C(O)C(C)C. The van der Waals surface area contributed by atoms with Crippen LogP contribution in [0.3, 0.4) is 0 Å². The van der Waals surface area contributed by atoms with Gasteiger partial charge in [0.05, 0.1) is 12.2 Å². The molecule has 0 aromatic heterocycles. The summed E-state index contributed by atoms with van der Waals surface area (Å²) < 4.78 is 0. The molecular weight excluding hydrogens is 164 g/mol. The van der Waals surface area contributed by atoms with E-state index in [2.05, 4.69) is 6.92 Å². The van der Waals surface area contributed by atoms with Crippen molar-refractivity contribution in [2.24, 2.45) is 11.8 Å². The standard InChI is InChI=1S/C11H24O2/c1-5-7-9(10(12)6-2)11(13)8(3)4/h8-13H,5-7H2,1-4H3. The smallest absolute Gasteiger partial charge is 0.0615 e. The van der Waals surface area contributed by atoms with Gasteiger partial charge in [0.1, 0.15) is 0 Å². The zero-order valence-corrected chi connectivity index (χ0v) is 9.33. The minimum atomic E-state index is -0.366. The van der Waals surface area contributed by atoms with Crippen molar-refractivity contribution >= 4 is 0 Å². The van der Waals surface area contributed by atoms with Gasteiger partial charge in [-0.15, -0.1) is 0 Å². The molecule has 2 N–H and O–H groups in total. The van der Waals surface area contributed by atoms with E-state index in [-0.39, 0.29) is 24.0 Å². The van der Waals surface area contributed by atoms with Crippen molar-refractivity contribution in [1.29, 1.82) is 0 Å². The Hall–Kier alpha value is -0.0800. The summed E-state index contributed by atoms with van der Waals surface area (Å²) in [6, 6.07) is 0. The zero-order valence-electron chi connectivity index (χ0n) is 9.33. The van der Waals surface area contributed by atoms with Crippen LogP contribution in [0.25, 0.3) is 0 Å². The number of aliphatic hydroxyl groups is 2. The van der Waals surface area contributed by atoms with Gasteiger partial charge in [0.25, 0.3) is 0 Å². The molecule has 0 aromatic carbocycles. The molecule has 0 radical (unpaired) electrons. The molecule has 0 heterocycles. The Balaban J connectivity index is 4.22. The molecule has 0 spiro atoms. The molecular formula is C11H24O2. The van der Waals surface area contributed by atoms with E-state index < -0.39 is 0 Å². The monoisotopic (exact) mass is 188 g/mol. The van der Waals surface area contributed by atoms with E-state index in [4.69, 9.17) is 0 Å². The lowest BCUT2D eigenvalue weighted by Crippen LogP contribution is -2.34. The second-order valence-corrected chi connectivity index (χ2v) is 4.16. The van der Waals surface area contributed by atoms with Crippen LogP contribution in [-0.2, 0) is 0 Å². The van der Waals surface area contributed by atoms with Gasteiger partial charge in [0.15, 0.2) is 0 Å². The first kappa shape index (κ1) is 12.9. The Morgan fingerprint density at radius 2 is 1.62 bits per heavy atom. The summed E-state index contributed by atoms with van der Waals surface area (Å²) in [5.41, 5.74) is 0. The summed E-state index contributed by atoms with van der Waals surface area (Å²) in [6.45, 7) is 8.04. The fourth-order valence-corrected chi connectivity index (χ4v) is 1.72. The molecule has 0 amide bonds. The highest BCUT2D eigenvalue weighted by Gasteiger charge is 2.26. The highest BCUT2D eigenvalue weighted by Crippen LogP contribution is 2.23. The van der Waals surface area contributed by atoms with Crippen LogP contribution in [0.1, 0.15) is 47.0 Å². The van der Waals surface area contributed by atoms with Crippen molar-refractivity contribution in [1.82, 2.24) is 0 Å². The summed E-state index contributed by atoms with van der Waals surface area (Å²) in [4.78, 5) is 0. The van der Waals surface area contributed by atoms with Crippen molar-refractivity contribution in [2.45, 2.75) is 59.2 Å². The molecule has 0 fully saturated rings. The lowest BCUT2D eigenvalue weighted by Gasteiger charge is -2.29. The van der Waals surface area contributed by atoms with Crippen LogP contribution in [0.4, 0.5) is 0 Å². The van der Waals surface area contributed by atoms with Crippen LogP contribution in [0.2, 0.25) is 0 Å². The normalized spacial score (nSPS) is 18.7. The van der Waals surface area contributed by atoms with Gasteiger partial charge in [-0.25, -0.2) is 0 Å². The molecule has 0 aromatic rings. The molecule has 2 heteroatoms. The van der Waals surface area contributed by atoms with E-state index in [1.165, 1.54) is 0 Å². The summed E-state index contributed by atoms with van der Waals surface area (Å²) in [5, 5.41) is 19.6. The topological polar surface area (TPSA) is 40.5 Å². The van der Waals surface area contributed by atoms with E-state index in [9.17, 15) is 10.2 Å². The lowest BCUT2D eigenvalue weighted by molar-refractivity contribution is -0.0165. The van der Waals surface area contributed by atoms with E-state index in [1.54, 1.807) is 0 Å². The molecule has 0 bridgehead atoms. The summed E-state index contributed by atoms with van der Waals surface area (Å²) >= 11 is 0. The molecule has 13 heavy (non-hydrogen) atoms. The van der Waals surface area contributed by atoms with Crippen LogP contribution in [0.5, 0.6) is 0 Å². The van der Waals surface area contributed by atoms with Crippen molar-refractivity contribution in [3.05, 3.63) is 0 Å². The average Bonchev–Trinajstić information content (AvgIpc) is 2.11. The maximum Gasteiger partial charge on any atom is 0.0615 e. The average molecular weight is 188 g/mol. The number of hydrogen-bond donors (Lipinski definition) is 2. The second-order valence-electron chi connectivity index (χ2n) is 4.16. The predicted molar refractivity (Wildman–Crippen MR) is 55.5 cm³/mol. The summed E-state index contributed by atoms with van der Waals surface area (Å²) in [7, 11) is 0. The second kappa shape index (κ2) is 6.39. The molecule has 3 atom stereocenters. The fourth-order valence-electron chi connectivity index (χ4n) is 1.72. The molecule has 0 saturated carbocycles. The van der Waals surface area contributed by atoms with Crippen molar-refractivity contribution in [2.75, 3.05) is 0 Å². The van der Waals surface area contributed by atoms with Crippen LogP contribution < -0.4 is 0 Å². The third-order valence-corrected chi connectivity index (χ3v) is 2.66. The highest BCUT2D eigenvalue weighted by molar-refractivity contribution is 4.77. The maximum atomic E-state index is 9.86. The Kier molecular flexibility index (Phi) is 6.35.